The molecule has 8 heteroatoms. The zero-order valence-corrected chi connectivity index (χ0v) is 14.6. The molecule has 0 aliphatic rings. The lowest BCUT2D eigenvalue weighted by Gasteiger charge is -2.09. The van der Waals surface area contributed by atoms with Gasteiger partial charge in [0.2, 0.25) is 11.7 Å². The van der Waals surface area contributed by atoms with E-state index in [4.69, 9.17) is 14.2 Å². The summed E-state index contributed by atoms with van der Waals surface area (Å²) >= 11 is 0. The highest BCUT2D eigenvalue weighted by Gasteiger charge is 2.09. The molecule has 1 amide bonds. The largest absolute Gasteiger partial charge is 0.504 e. The highest BCUT2D eigenvalue weighted by molar-refractivity contribution is 5.84. The average Bonchev–Trinajstić information content (AvgIpc) is 2.64. The molecule has 0 fully saturated rings. The molecule has 0 heterocycles. The normalized spacial score (nSPS) is 10.6. The molecule has 138 valence electrons. The monoisotopic (exact) mass is 360 g/mol. The molecule has 2 rings (SSSR count). The number of phenolic OH excluding ortho intramolecular Hbond substituents is 2. The third-order valence-electron chi connectivity index (χ3n) is 3.51. The van der Waals surface area contributed by atoms with Gasteiger partial charge in [-0.1, -0.05) is 6.07 Å². The molecule has 0 aromatic heterocycles. The van der Waals surface area contributed by atoms with Crippen LogP contribution >= 0.6 is 0 Å². The quantitative estimate of drug-likeness (QED) is 0.395. The van der Waals surface area contributed by atoms with Gasteiger partial charge in [-0.3, -0.25) is 4.79 Å². The van der Waals surface area contributed by atoms with Crippen molar-refractivity contribution in [2.45, 2.75) is 6.42 Å². The molecule has 0 atom stereocenters. The van der Waals surface area contributed by atoms with Gasteiger partial charge >= 0.3 is 0 Å². The van der Waals surface area contributed by atoms with Crippen LogP contribution in [0.1, 0.15) is 11.1 Å². The number of methoxy groups -OCH3 is 3. The molecule has 0 spiro atoms. The molecular weight excluding hydrogens is 340 g/mol. The SMILES string of the molecule is COc1ccc(CC(=O)NN=Cc2cc(O)c(O)c(OC)c2)cc1OC. The number of nitrogens with zero attached hydrogens (tertiary/aromatic N) is 1. The van der Waals surface area contributed by atoms with Crippen molar-refractivity contribution in [3.05, 3.63) is 41.5 Å². The topological polar surface area (TPSA) is 110 Å². The second-order valence-electron chi connectivity index (χ2n) is 5.25. The lowest BCUT2D eigenvalue weighted by atomic mass is 10.1. The number of ether oxygens (including phenoxy) is 3. The Balaban J connectivity index is 2.01. The van der Waals surface area contributed by atoms with Gasteiger partial charge in [-0.25, -0.2) is 5.43 Å². The minimum absolute atomic E-state index is 0.0991. The summed E-state index contributed by atoms with van der Waals surface area (Å²) in [6, 6.07) is 7.95. The standard InChI is InChI=1S/C18H20N2O6/c1-24-14-5-4-11(7-15(14)25-2)9-17(22)20-19-10-12-6-13(21)18(23)16(8-12)26-3/h4-8,10,21,23H,9H2,1-3H3,(H,20,22). The van der Waals surface area contributed by atoms with E-state index in [2.05, 4.69) is 10.5 Å². The number of carbonyl (C=O) groups is 1. The Morgan fingerprint density at radius 1 is 1.04 bits per heavy atom. The summed E-state index contributed by atoms with van der Waals surface area (Å²) in [4.78, 5) is 12.0. The van der Waals surface area contributed by atoms with E-state index in [1.807, 2.05) is 0 Å². The van der Waals surface area contributed by atoms with Crippen LogP contribution in [0.25, 0.3) is 0 Å². The number of rotatable bonds is 7. The lowest BCUT2D eigenvalue weighted by molar-refractivity contribution is -0.120. The van der Waals surface area contributed by atoms with Crippen molar-refractivity contribution in [1.29, 1.82) is 0 Å². The van der Waals surface area contributed by atoms with Crippen molar-refractivity contribution in [3.63, 3.8) is 0 Å². The van der Waals surface area contributed by atoms with E-state index in [-0.39, 0.29) is 29.6 Å². The van der Waals surface area contributed by atoms with Crippen molar-refractivity contribution in [2.24, 2.45) is 5.10 Å². The number of aromatic hydroxyl groups is 2. The van der Waals surface area contributed by atoms with E-state index in [0.717, 1.165) is 5.56 Å². The number of hydrogen-bond donors (Lipinski definition) is 3. The maximum Gasteiger partial charge on any atom is 0.244 e. The first-order valence-electron chi connectivity index (χ1n) is 7.61. The molecule has 2 aromatic carbocycles. The minimum atomic E-state index is -0.359. The first-order chi connectivity index (χ1) is 12.5. The smallest absolute Gasteiger partial charge is 0.244 e. The Kier molecular flexibility index (Phi) is 6.26. The fourth-order valence-corrected chi connectivity index (χ4v) is 2.24. The van der Waals surface area contributed by atoms with Crippen molar-refractivity contribution in [2.75, 3.05) is 21.3 Å². The van der Waals surface area contributed by atoms with Crippen molar-refractivity contribution < 1.29 is 29.2 Å². The number of carbonyl (C=O) groups excluding carboxylic acids is 1. The number of phenols is 2. The molecule has 0 saturated heterocycles. The van der Waals surface area contributed by atoms with E-state index in [1.54, 1.807) is 18.2 Å². The summed E-state index contributed by atoms with van der Waals surface area (Å²) in [5, 5.41) is 23.0. The van der Waals surface area contributed by atoms with Crippen molar-refractivity contribution in [1.82, 2.24) is 5.43 Å². The van der Waals surface area contributed by atoms with Crippen LogP contribution in [0.15, 0.2) is 35.4 Å². The number of benzene rings is 2. The third-order valence-corrected chi connectivity index (χ3v) is 3.51. The average molecular weight is 360 g/mol. The summed E-state index contributed by atoms with van der Waals surface area (Å²) in [6.07, 6.45) is 1.43. The van der Waals surface area contributed by atoms with E-state index in [9.17, 15) is 15.0 Å². The van der Waals surface area contributed by atoms with Crippen LogP contribution in [0.4, 0.5) is 0 Å². The van der Waals surface area contributed by atoms with Crippen LogP contribution in [-0.4, -0.2) is 43.7 Å². The summed E-state index contributed by atoms with van der Waals surface area (Å²) in [7, 11) is 4.42. The Hall–Kier alpha value is -3.42. The Morgan fingerprint density at radius 2 is 1.73 bits per heavy atom. The van der Waals surface area contributed by atoms with Crippen LogP contribution in [0, 0.1) is 0 Å². The fraction of sp³-hybridized carbons (Fsp3) is 0.222. The molecule has 0 unspecified atom stereocenters. The van der Waals surface area contributed by atoms with Crippen molar-refractivity contribution in [3.8, 4) is 28.7 Å². The molecule has 0 aliphatic carbocycles. The summed E-state index contributed by atoms with van der Waals surface area (Å²) < 4.78 is 15.3. The van der Waals surface area contributed by atoms with Crippen molar-refractivity contribution >= 4 is 12.1 Å². The Morgan fingerprint density at radius 3 is 2.38 bits per heavy atom. The van der Waals surface area contributed by atoms with Gasteiger partial charge in [0.05, 0.1) is 34.0 Å². The van der Waals surface area contributed by atoms with Crippen LogP contribution in [-0.2, 0) is 11.2 Å². The van der Waals surface area contributed by atoms with Crippen LogP contribution in [0.5, 0.6) is 28.7 Å². The summed E-state index contributed by atoms with van der Waals surface area (Å²) in [6.45, 7) is 0. The van der Waals surface area contributed by atoms with Crippen LogP contribution in [0.2, 0.25) is 0 Å². The zero-order valence-electron chi connectivity index (χ0n) is 14.6. The first-order valence-corrected chi connectivity index (χ1v) is 7.61. The highest BCUT2D eigenvalue weighted by atomic mass is 16.5. The zero-order chi connectivity index (χ0) is 19.1. The molecule has 0 saturated carbocycles. The maximum atomic E-state index is 12.0. The van der Waals surface area contributed by atoms with E-state index in [1.165, 1.54) is 39.7 Å². The van der Waals surface area contributed by atoms with Gasteiger partial charge in [0.1, 0.15) is 0 Å². The Bertz CT molecular complexity index is 820. The molecule has 0 bridgehead atoms. The Labute approximate surface area is 150 Å². The molecule has 0 radical (unpaired) electrons. The second kappa shape index (κ2) is 8.61. The number of hydrogen-bond acceptors (Lipinski definition) is 7. The van der Waals surface area contributed by atoms with Gasteiger partial charge in [0.15, 0.2) is 23.0 Å². The molecule has 2 aromatic rings. The predicted molar refractivity (Wildman–Crippen MR) is 95.3 cm³/mol. The summed E-state index contributed by atoms with van der Waals surface area (Å²) in [5.74, 6) is 0.180. The molecule has 8 nitrogen and oxygen atoms in total. The fourth-order valence-electron chi connectivity index (χ4n) is 2.24. The van der Waals surface area contributed by atoms with Gasteiger partial charge in [-0.15, -0.1) is 0 Å². The number of hydrazone groups is 1. The van der Waals surface area contributed by atoms with E-state index in [0.29, 0.717) is 17.1 Å². The third kappa shape index (κ3) is 4.56. The number of amides is 1. The van der Waals surface area contributed by atoms with E-state index < -0.39 is 0 Å². The number of nitrogens with one attached hydrogen (secondary N) is 1. The first kappa shape index (κ1) is 18.9. The maximum absolute atomic E-state index is 12.0. The lowest BCUT2D eigenvalue weighted by Crippen LogP contribution is -2.19. The second-order valence-corrected chi connectivity index (χ2v) is 5.25. The summed E-state index contributed by atoms with van der Waals surface area (Å²) in [5.41, 5.74) is 3.57. The van der Waals surface area contributed by atoms with E-state index >= 15 is 0 Å². The predicted octanol–water partition coefficient (Wildman–Crippen LogP) is 1.82. The molecule has 3 N–H and O–H groups in total. The molecular formula is C18H20N2O6. The highest BCUT2D eigenvalue weighted by Crippen LogP contribution is 2.35. The molecule has 0 aliphatic heterocycles. The van der Waals surface area contributed by atoms with Crippen LogP contribution < -0.4 is 19.6 Å². The molecule has 26 heavy (non-hydrogen) atoms. The van der Waals surface area contributed by atoms with Crippen LogP contribution in [0.3, 0.4) is 0 Å². The van der Waals surface area contributed by atoms with Gasteiger partial charge in [-0.2, -0.15) is 5.10 Å². The van der Waals surface area contributed by atoms with Gasteiger partial charge < -0.3 is 24.4 Å². The van der Waals surface area contributed by atoms with Gasteiger partial charge in [0.25, 0.3) is 0 Å². The van der Waals surface area contributed by atoms with Gasteiger partial charge in [-0.05, 0) is 29.8 Å². The minimum Gasteiger partial charge on any atom is -0.504 e. The van der Waals surface area contributed by atoms with Gasteiger partial charge in [0, 0.05) is 5.56 Å².